The Morgan fingerprint density at radius 3 is 2.56 bits per heavy atom. The molecule has 3 unspecified atom stereocenters. The number of esters is 1. The van der Waals surface area contributed by atoms with E-state index in [2.05, 4.69) is 0 Å². The van der Waals surface area contributed by atoms with Crippen LogP contribution in [0.25, 0.3) is 0 Å². The number of amides is 2. The van der Waals surface area contributed by atoms with Crippen molar-refractivity contribution in [2.75, 3.05) is 27.3 Å². The quantitative estimate of drug-likeness (QED) is 0.377. The highest BCUT2D eigenvalue weighted by Gasteiger charge is 2.54. The van der Waals surface area contributed by atoms with E-state index in [1.165, 1.54) is 31.3 Å². The average Bonchev–Trinajstić information content (AvgIpc) is 3.42. The molecule has 1 N–H and O–H groups in total. The number of carbonyl (C=O) groups is 3. The standard InChI is InChI=1S/C32H36ClF3N2O7/c1-31(30(42)45-17-18-7-8-20(43-2)15-25(18)44-3)12-5-4-6-22(31)29(41)37-13-11-21-23(33)9-10-24(39)27(21)28(37)38-16-19(14-26(38)40)32(34,35)36/h7-10,15,19,22,28,39H,4-6,11-14,16-17H2,1-3H3/t19?,22?,28?,31-/m0/s1. The van der Waals surface area contributed by atoms with Crippen LogP contribution in [-0.2, 0) is 32.1 Å². The molecule has 244 valence electrons. The number of hydrogen-bond acceptors (Lipinski definition) is 7. The number of hydrogen-bond donors (Lipinski definition) is 1. The van der Waals surface area contributed by atoms with Crippen molar-refractivity contribution in [3.63, 3.8) is 0 Å². The summed E-state index contributed by atoms with van der Waals surface area (Å²) in [5.74, 6) is -3.91. The summed E-state index contributed by atoms with van der Waals surface area (Å²) < 4.78 is 57.6. The number of alkyl halides is 3. The van der Waals surface area contributed by atoms with E-state index in [4.69, 9.17) is 25.8 Å². The van der Waals surface area contributed by atoms with Crippen LogP contribution in [0.15, 0.2) is 30.3 Å². The first-order valence-corrected chi connectivity index (χ1v) is 15.2. The highest BCUT2D eigenvalue weighted by molar-refractivity contribution is 6.31. The van der Waals surface area contributed by atoms with Gasteiger partial charge in [0, 0.05) is 41.7 Å². The van der Waals surface area contributed by atoms with E-state index >= 15 is 0 Å². The summed E-state index contributed by atoms with van der Waals surface area (Å²) in [7, 11) is 3.00. The van der Waals surface area contributed by atoms with Crippen molar-refractivity contribution in [2.45, 2.75) is 64.4 Å². The second-order valence-electron chi connectivity index (χ2n) is 12.1. The first-order chi connectivity index (χ1) is 21.3. The Morgan fingerprint density at radius 2 is 1.89 bits per heavy atom. The summed E-state index contributed by atoms with van der Waals surface area (Å²) in [6, 6.07) is 7.86. The van der Waals surface area contributed by atoms with E-state index in [0.29, 0.717) is 48.3 Å². The number of carbonyl (C=O) groups excluding carboxylic acids is 3. The summed E-state index contributed by atoms with van der Waals surface area (Å²) in [6.45, 7) is 0.917. The third kappa shape index (κ3) is 6.13. The lowest BCUT2D eigenvalue weighted by atomic mass is 9.66. The van der Waals surface area contributed by atoms with Crippen LogP contribution in [0.4, 0.5) is 13.2 Å². The molecule has 5 rings (SSSR count). The van der Waals surface area contributed by atoms with Crippen molar-refractivity contribution >= 4 is 29.4 Å². The van der Waals surface area contributed by atoms with Crippen molar-refractivity contribution in [3.05, 3.63) is 52.0 Å². The second-order valence-corrected chi connectivity index (χ2v) is 12.5. The molecule has 13 heteroatoms. The highest BCUT2D eigenvalue weighted by Crippen LogP contribution is 2.49. The number of rotatable bonds is 7. The Balaban J connectivity index is 1.46. The minimum absolute atomic E-state index is 0.0326. The topological polar surface area (TPSA) is 106 Å². The first kappa shape index (κ1) is 32.7. The van der Waals surface area contributed by atoms with Crippen LogP contribution in [0.5, 0.6) is 17.2 Å². The van der Waals surface area contributed by atoms with E-state index < -0.39 is 60.3 Å². The van der Waals surface area contributed by atoms with Gasteiger partial charge in [-0.2, -0.15) is 13.2 Å². The number of ether oxygens (including phenoxy) is 3. The highest BCUT2D eigenvalue weighted by atomic mass is 35.5. The van der Waals surface area contributed by atoms with Gasteiger partial charge in [-0.25, -0.2) is 0 Å². The summed E-state index contributed by atoms with van der Waals surface area (Å²) in [6.07, 6.45) is -4.48. The maximum Gasteiger partial charge on any atom is 0.394 e. The molecule has 9 nitrogen and oxygen atoms in total. The summed E-state index contributed by atoms with van der Waals surface area (Å²) in [5, 5.41) is 11.2. The number of nitrogens with zero attached hydrogens (tertiary/aromatic N) is 2. The molecule has 0 aromatic heterocycles. The van der Waals surface area contributed by atoms with Crippen molar-refractivity contribution in [3.8, 4) is 17.2 Å². The average molecular weight is 653 g/mol. The molecule has 0 radical (unpaired) electrons. The van der Waals surface area contributed by atoms with Gasteiger partial charge in [0.1, 0.15) is 30.0 Å². The smallest absolute Gasteiger partial charge is 0.394 e. The van der Waals surface area contributed by atoms with Crippen LogP contribution in [0.3, 0.4) is 0 Å². The molecule has 0 spiro atoms. The first-order valence-electron chi connectivity index (χ1n) is 14.8. The van der Waals surface area contributed by atoms with E-state index in [1.807, 2.05) is 0 Å². The Bertz CT molecular complexity index is 1490. The van der Waals surface area contributed by atoms with Gasteiger partial charge >= 0.3 is 12.1 Å². The van der Waals surface area contributed by atoms with Gasteiger partial charge in [0.25, 0.3) is 0 Å². The number of phenols is 1. The van der Waals surface area contributed by atoms with E-state index in [9.17, 15) is 32.7 Å². The third-order valence-electron chi connectivity index (χ3n) is 9.46. The lowest BCUT2D eigenvalue weighted by Crippen LogP contribution is -2.54. The van der Waals surface area contributed by atoms with E-state index in [-0.39, 0.29) is 35.9 Å². The second kappa shape index (κ2) is 12.6. The fourth-order valence-corrected chi connectivity index (χ4v) is 7.13. The molecule has 4 atom stereocenters. The maximum atomic E-state index is 14.5. The molecule has 2 amide bonds. The summed E-state index contributed by atoms with van der Waals surface area (Å²) in [4.78, 5) is 43.7. The number of likely N-dealkylation sites (tertiary alicyclic amines) is 1. The maximum absolute atomic E-state index is 14.5. The zero-order valence-electron chi connectivity index (χ0n) is 25.3. The van der Waals surface area contributed by atoms with E-state index in [1.54, 1.807) is 25.1 Å². The Hall–Kier alpha value is -3.67. The van der Waals surface area contributed by atoms with Crippen LogP contribution < -0.4 is 9.47 Å². The predicted octanol–water partition coefficient (Wildman–Crippen LogP) is 5.80. The predicted molar refractivity (Wildman–Crippen MR) is 157 cm³/mol. The lowest BCUT2D eigenvalue weighted by Gasteiger charge is -2.47. The normalized spacial score (nSPS) is 25.1. The van der Waals surface area contributed by atoms with Crippen molar-refractivity contribution in [1.82, 2.24) is 9.80 Å². The van der Waals surface area contributed by atoms with Crippen LogP contribution in [-0.4, -0.2) is 66.2 Å². The summed E-state index contributed by atoms with van der Waals surface area (Å²) >= 11 is 6.44. The van der Waals surface area contributed by atoms with Crippen molar-refractivity contribution in [2.24, 2.45) is 17.3 Å². The Kier molecular flexibility index (Phi) is 9.17. The molecule has 1 saturated heterocycles. The number of aromatic hydroxyl groups is 1. The zero-order chi connectivity index (χ0) is 32.7. The van der Waals surface area contributed by atoms with Gasteiger partial charge in [-0.05, 0) is 56.0 Å². The van der Waals surface area contributed by atoms with Gasteiger partial charge in [-0.1, -0.05) is 24.4 Å². The molecular weight excluding hydrogens is 617 g/mol. The van der Waals surface area contributed by atoms with Crippen LogP contribution in [0, 0.1) is 17.3 Å². The molecule has 1 saturated carbocycles. The van der Waals surface area contributed by atoms with Gasteiger partial charge in [-0.3, -0.25) is 14.4 Å². The van der Waals surface area contributed by atoms with Crippen LogP contribution in [0.1, 0.15) is 61.9 Å². The number of fused-ring (bicyclic) bond motifs is 1. The molecule has 2 aromatic carbocycles. The van der Waals surface area contributed by atoms with Gasteiger partial charge in [0.05, 0.1) is 31.5 Å². The van der Waals surface area contributed by atoms with Crippen LogP contribution in [0.2, 0.25) is 5.02 Å². The van der Waals surface area contributed by atoms with Gasteiger partial charge in [0.2, 0.25) is 11.8 Å². The van der Waals surface area contributed by atoms with Gasteiger partial charge in [0.15, 0.2) is 0 Å². The minimum Gasteiger partial charge on any atom is -0.508 e. The minimum atomic E-state index is -4.62. The molecule has 0 bridgehead atoms. The Labute approximate surface area is 264 Å². The molecule has 2 heterocycles. The molecule has 2 aromatic rings. The van der Waals surface area contributed by atoms with Gasteiger partial charge in [-0.15, -0.1) is 0 Å². The lowest BCUT2D eigenvalue weighted by molar-refractivity contribution is -0.174. The fourth-order valence-electron chi connectivity index (χ4n) is 6.87. The molecule has 1 aliphatic carbocycles. The molecule has 3 aliphatic rings. The van der Waals surface area contributed by atoms with Gasteiger partial charge < -0.3 is 29.1 Å². The largest absolute Gasteiger partial charge is 0.508 e. The summed E-state index contributed by atoms with van der Waals surface area (Å²) in [5.41, 5.74) is -0.0568. The SMILES string of the molecule is COc1ccc(COC(=O)[C@@]2(C)CCCCC2C(=O)N2CCc3c(Cl)ccc(O)c3C2N2CC(C(F)(F)F)CC2=O)c(OC)c1. The zero-order valence-corrected chi connectivity index (χ0v) is 26.0. The number of halogens is 4. The Morgan fingerprint density at radius 1 is 1.13 bits per heavy atom. The third-order valence-corrected chi connectivity index (χ3v) is 9.81. The fraction of sp³-hybridized carbons (Fsp3) is 0.531. The van der Waals surface area contributed by atoms with Crippen LogP contribution >= 0.6 is 11.6 Å². The van der Waals surface area contributed by atoms with Crippen molar-refractivity contribution in [1.29, 1.82) is 0 Å². The number of benzene rings is 2. The number of phenolic OH excluding ortho intramolecular Hbond substituents is 1. The molecule has 45 heavy (non-hydrogen) atoms. The molecule has 2 aliphatic heterocycles. The monoisotopic (exact) mass is 652 g/mol. The number of methoxy groups -OCH3 is 2. The van der Waals surface area contributed by atoms with E-state index in [0.717, 1.165) is 4.90 Å². The van der Waals surface area contributed by atoms with Crippen molar-refractivity contribution < 1.29 is 46.9 Å². The molecular formula is C32H36ClF3N2O7. The molecule has 2 fully saturated rings.